The Morgan fingerprint density at radius 1 is 0.609 bits per heavy atom. The van der Waals surface area contributed by atoms with Gasteiger partial charge in [0.1, 0.15) is 0 Å². The normalized spacial score (nSPS) is 12.3. The van der Waals surface area contributed by atoms with E-state index < -0.39 is 0 Å². The standard InChI is InChI=1S/C18H24N2S3/c1-17(2,21-15-9-5-13(19)6-10-15)23-18(3,4)22-16-11-7-14(20)8-12-16/h5-12H,19-20H2,1-4H3. The molecule has 0 saturated carbocycles. The van der Waals surface area contributed by atoms with E-state index in [1.165, 1.54) is 9.79 Å². The molecule has 2 nitrogen and oxygen atoms in total. The third-order valence-electron chi connectivity index (χ3n) is 2.98. The number of benzene rings is 2. The molecule has 2 aromatic rings. The molecule has 0 radical (unpaired) electrons. The van der Waals surface area contributed by atoms with E-state index >= 15 is 0 Å². The maximum atomic E-state index is 5.76. The first kappa shape index (κ1) is 18.4. The van der Waals surface area contributed by atoms with Crippen LogP contribution in [0.25, 0.3) is 0 Å². The van der Waals surface area contributed by atoms with E-state index in [9.17, 15) is 0 Å². The van der Waals surface area contributed by atoms with Crippen LogP contribution in [-0.2, 0) is 0 Å². The minimum atomic E-state index is 0.0560. The Hall–Kier alpha value is -0.910. The van der Waals surface area contributed by atoms with Crippen LogP contribution in [0.5, 0.6) is 0 Å². The minimum absolute atomic E-state index is 0.0560. The average Bonchev–Trinajstić information content (AvgIpc) is 2.42. The highest BCUT2D eigenvalue weighted by atomic mass is 32.2. The lowest BCUT2D eigenvalue weighted by Crippen LogP contribution is -2.20. The summed E-state index contributed by atoms with van der Waals surface area (Å²) in [7, 11) is 0. The summed E-state index contributed by atoms with van der Waals surface area (Å²) < 4.78 is 0.112. The molecule has 5 heteroatoms. The molecule has 2 rings (SSSR count). The van der Waals surface area contributed by atoms with Crippen LogP contribution in [0.15, 0.2) is 58.3 Å². The molecular formula is C18H24N2S3. The van der Waals surface area contributed by atoms with Crippen LogP contribution in [0, 0.1) is 0 Å². The summed E-state index contributed by atoms with van der Waals surface area (Å²) in [5.41, 5.74) is 13.1. The zero-order valence-electron chi connectivity index (χ0n) is 14.0. The summed E-state index contributed by atoms with van der Waals surface area (Å²) in [4.78, 5) is 2.48. The number of hydrogen-bond donors (Lipinski definition) is 2. The molecule has 0 saturated heterocycles. The fraction of sp³-hybridized carbons (Fsp3) is 0.333. The van der Waals surface area contributed by atoms with E-state index in [4.69, 9.17) is 11.5 Å². The first-order valence-electron chi connectivity index (χ1n) is 7.44. The number of thioether (sulfide) groups is 3. The summed E-state index contributed by atoms with van der Waals surface area (Å²) in [5, 5.41) is 0. The largest absolute Gasteiger partial charge is 0.399 e. The molecule has 0 bridgehead atoms. The van der Waals surface area contributed by atoms with Gasteiger partial charge in [0.2, 0.25) is 0 Å². The van der Waals surface area contributed by atoms with E-state index in [-0.39, 0.29) is 8.16 Å². The van der Waals surface area contributed by atoms with Crippen LogP contribution in [0.3, 0.4) is 0 Å². The van der Waals surface area contributed by atoms with Crippen molar-refractivity contribution < 1.29 is 0 Å². The van der Waals surface area contributed by atoms with Crippen molar-refractivity contribution in [1.29, 1.82) is 0 Å². The molecule has 0 unspecified atom stereocenters. The zero-order valence-corrected chi connectivity index (χ0v) is 16.4. The van der Waals surface area contributed by atoms with Crippen LogP contribution >= 0.6 is 35.3 Å². The molecule has 0 aliphatic rings. The lowest BCUT2D eigenvalue weighted by atomic mass is 10.3. The van der Waals surface area contributed by atoms with Crippen LogP contribution in [0.1, 0.15) is 27.7 Å². The van der Waals surface area contributed by atoms with E-state index in [0.717, 1.165) is 11.4 Å². The van der Waals surface area contributed by atoms with Gasteiger partial charge < -0.3 is 11.5 Å². The lowest BCUT2D eigenvalue weighted by Gasteiger charge is -2.33. The van der Waals surface area contributed by atoms with Crippen molar-refractivity contribution >= 4 is 46.7 Å². The van der Waals surface area contributed by atoms with Crippen molar-refractivity contribution in [2.45, 2.75) is 45.6 Å². The number of rotatable bonds is 6. The SMILES string of the molecule is CC(C)(Sc1ccc(N)cc1)SC(C)(C)Sc1ccc(N)cc1. The molecule has 0 aliphatic heterocycles. The van der Waals surface area contributed by atoms with Gasteiger partial charge in [-0.2, -0.15) is 0 Å². The Bertz CT molecular complexity index is 577. The second-order valence-electron chi connectivity index (χ2n) is 6.24. The van der Waals surface area contributed by atoms with Gasteiger partial charge in [-0.1, -0.05) is 0 Å². The molecule has 124 valence electrons. The van der Waals surface area contributed by atoms with Gasteiger partial charge in [-0.15, -0.1) is 35.3 Å². The summed E-state index contributed by atoms with van der Waals surface area (Å²) >= 11 is 5.70. The Kier molecular flexibility index (Phi) is 5.87. The third kappa shape index (κ3) is 6.24. The fourth-order valence-electron chi connectivity index (χ4n) is 2.27. The Labute approximate surface area is 152 Å². The van der Waals surface area contributed by atoms with Crippen LogP contribution in [0.2, 0.25) is 0 Å². The van der Waals surface area contributed by atoms with Crippen LogP contribution < -0.4 is 11.5 Å². The fourth-order valence-corrected chi connectivity index (χ4v) is 7.46. The second kappa shape index (κ2) is 7.32. The highest BCUT2D eigenvalue weighted by Gasteiger charge is 2.31. The topological polar surface area (TPSA) is 52.0 Å². The molecule has 0 heterocycles. The molecule has 0 aromatic heterocycles. The molecule has 0 amide bonds. The molecule has 0 atom stereocenters. The molecule has 0 aliphatic carbocycles. The average molecular weight is 365 g/mol. The number of hydrogen-bond acceptors (Lipinski definition) is 5. The van der Waals surface area contributed by atoms with E-state index in [1.54, 1.807) is 0 Å². The van der Waals surface area contributed by atoms with Crippen molar-refractivity contribution in [2.24, 2.45) is 0 Å². The van der Waals surface area contributed by atoms with Gasteiger partial charge in [-0.05, 0) is 76.2 Å². The quantitative estimate of drug-likeness (QED) is 0.377. The highest BCUT2D eigenvalue weighted by Crippen LogP contribution is 2.52. The van der Waals surface area contributed by atoms with Crippen molar-refractivity contribution in [3.63, 3.8) is 0 Å². The van der Waals surface area contributed by atoms with Crippen molar-refractivity contribution in [3.05, 3.63) is 48.5 Å². The van der Waals surface area contributed by atoms with Gasteiger partial charge >= 0.3 is 0 Å². The highest BCUT2D eigenvalue weighted by molar-refractivity contribution is 8.25. The molecule has 23 heavy (non-hydrogen) atoms. The monoisotopic (exact) mass is 364 g/mol. The third-order valence-corrected chi connectivity index (χ3v) is 6.96. The van der Waals surface area contributed by atoms with Gasteiger partial charge in [0, 0.05) is 21.2 Å². The van der Waals surface area contributed by atoms with Crippen molar-refractivity contribution in [2.75, 3.05) is 11.5 Å². The first-order chi connectivity index (χ1) is 10.7. The molecule has 0 spiro atoms. The van der Waals surface area contributed by atoms with E-state index in [0.29, 0.717) is 0 Å². The zero-order chi connectivity index (χ0) is 17.1. The molecule has 2 aromatic carbocycles. The molecular weight excluding hydrogens is 340 g/mol. The van der Waals surface area contributed by atoms with Gasteiger partial charge in [0.25, 0.3) is 0 Å². The summed E-state index contributed by atoms with van der Waals surface area (Å²) in [6, 6.07) is 16.2. The molecule has 0 fully saturated rings. The van der Waals surface area contributed by atoms with Gasteiger partial charge in [0.15, 0.2) is 0 Å². The van der Waals surface area contributed by atoms with Crippen molar-refractivity contribution in [1.82, 2.24) is 0 Å². The smallest absolute Gasteiger partial charge is 0.0615 e. The van der Waals surface area contributed by atoms with Gasteiger partial charge in [-0.25, -0.2) is 0 Å². The summed E-state index contributed by atoms with van der Waals surface area (Å²) in [6.45, 7) is 9.07. The van der Waals surface area contributed by atoms with Crippen LogP contribution in [-0.4, -0.2) is 8.16 Å². The number of anilines is 2. The Morgan fingerprint density at radius 3 is 1.22 bits per heavy atom. The Morgan fingerprint density at radius 2 is 0.913 bits per heavy atom. The predicted molar refractivity (Wildman–Crippen MR) is 109 cm³/mol. The minimum Gasteiger partial charge on any atom is -0.399 e. The van der Waals surface area contributed by atoms with E-state index in [2.05, 4.69) is 52.0 Å². The van der Waals surface area contributed by atoms with Gasteiger partial charge in [-0.3, -0.25) is 0 Å². The molecule has 4 N–H and O–H groups in total. The number of nitrogens with two attached hydrogens (primary N) is 2. The number of nitrogen functional groups attached to an aromatic ring is 2. The maximum Gasteiger partial charge on any atom is 0.0615 e. The summed E-state index contributed by atoms with van der Waals surface area (Å²) in [5.74, 6) is 0. The Balaban J connectivity index is 2.02. The maximum absolute atomic E-state index is 5.76. The van der Waals surface area contributed by atoms with E-state index in [1.807, 2.05) is 59.6 Å². The second-order valence-corrected chi connectivity index (χ2v) is 12.4. The predicted octanol–water partition coefficient (Wildman–Crippen LogP) is 5.94. The van der Waals surface area contributed by atoms with Gasteiger partial charge in [0.05, 0.1) is 8.16 Å². The van der Waals surface area contributed by atoms with Crippen molar-refractivity contribution in [3.8, 4) is 0 Å². The summed E-state index contributed by atoms with van der Waals surface area (Å²) in [6.07, 6.45) is 0. The van der Waals surface area contributed by atoms with Crippen LogP contribution in [0.4, 0.5) is 11.4 Å². The lowest BCUT2D eigenvalue weighted by molar-refractivity contribution is 0.960. The first-order valence-corrected chi connectivity index (χ1v) is 9.89.